The molecule has 248 valence electrons. The van der Waals surface area contributed by atoms with E-state index in [0.29, 0.717) is 18.2 Å². The number of aromatic nitrogens is 1. The normalized spacial score (nSPS) is 23.3. The van der Waals surface area contributed by atoms with Crippen molar-refractivity contribution < 1.29 is 74.0 Å². The number of likely N-dealkylation sites (tertiary alicyclic amines) is 1. The highest BCUT2D eigenvalue weighted by molar-refractivity contribution is 7.09. The number of thiazole rings is 1. The minimum atomic E-state index is -5.08. The number of hydrogen-bond donors (Lipinski definition) is 3. The molecule has 3 fully saturated rings. The fourth-order valence-electron chi connectivity index (χ4n) is 4.19. The first-order valence-electron chi connectivity index (χ1n) is 12.2. The van der Waals surface area contributed by atoms with Crippen LogP contribution >= 0.6 is 11.3 Å². The number of carbonyl (C=O) groups is 3. The third kappa shape index (κ3) is 13.6. The van der Waals surface area contributed by atoms with Crippen molar-refractivity contribution in [3.05, 3.63) is 16.6 Å². The van der Waals surface area contributed by atoms with Crippen molar-refractivity contribution in [3.63, 3.8) is 0 Å². The van der Waals surface area contributed by atoms with Gasteiger partial charge < -0.3 is 25.0 Å². The lowest BCUT2D eigenvalue weighted by atomic mass is 9.99. The Morgan fingerprint density at radius 2 is 1.35 bits per heavy atom. The summed E-state index contributed by atoms with van der Waals surface area (Å²) < 4.78 is 101. The molecule has 11 nitrogen and oxygen atoms in total. The molecule has 3 saturated heterocycles. The topological polar surface area (TPSA) is 144 Å². The summed E-state index contributed by atoms with van der Waals surface area (Å²) >= 11 is 1.77. The third-order valence-electron chi connectivity index (χ3n) is 6.16. The lowest BCUT2D eigenvalue weighted by Gasteiger charge is -2.39. The molecule has 1 aromatic rings. The van der Waals surface area contributed by atoms with Gasteiger partial charge in [-0.2, -0.15) is 39.5 Å². The van der Waals surface area contributed by atoms with Crippen molar-refractivity contribution in [3.8, 4) is 0 Å². The van der Waals surface area contributed by atoms with Gasteiger partial charge in [0.25, 0.3) is 0 Å². The van der Waals surface area contributed by atoms with Gasteiger partial charge in [0.1, 0.15) is 5.01 Å². The van der Waals surface area contributed by atoms with Gasteiger partial charge in [-0.15, -0.1) is 11.3 Å². The van der Waals surface area contributed by atoms with E-state index in [0.717, 1.165) is 19.7 Å². The van der Waals surface area contributed by atoms with Gasteiger partial charge in [-0.05, 0) is 19.9 Å². The van der Waals surface area contributed by atoms with Crippen LogP contribution in [0.1, 0.15) is 17.8 Å². The van der Waals surface area contributed by atoms with E-state index in [1.165, 1.54) is 44.0 Å². The van der Waals surface area contributed by atoms with Crippen molar-refractivity contribution >= 4 is 29.2 Å². The number of aliphatic carboxylic acids is 3. The average molecular weight is 665 g/mol. The average Bonchev–Trinajstić information content (AvgIpc) is 3.53. The second kappa shape index (κ2) is 16.4. The van der Waals surface area contributed by atoms with Crippen molar-refractivity contribution in [2.45, 2.75) is 56.1 Å². The summed E-state index contributed by atoms with van der Waals surface area (Å²) in [5.41, 5.74) is 0. The number of piperazine rings is 1. The number of carboxylic acids is 3. The Bertz CT molecular complexity index is 961. The number of halogens is 9. The molecule has 0 aromatic carbocycles. The van der Waals surface area contributed by atoms with Crippen LogP contribution in [0.4, 0.5) is 39.5 Å². The Kier molecular flexibility index (Phi) is 14.6. The molecule has 3 atom stereocenters. The molecule has 4 rings (SSSR count). The van der Waals surface area contributed by atoms with Crippen LogP contribution in [0.2, 0.25) is 0 Å². The zero-order valence-electron chi connectivity index (χ0n) is 22.3. The zero-order chi connectivity index (χ0) is 33.2. The second-order valence-electron chi connectivity index (χ2n) is 9.22. The predicted molar refractivity (Wildman–Crippen MR) is 129 cm³/mol. The van der Waals surface area contributed by atoms with Crippen LogP contribution in [0.3, 0.4) is 0 Å². The van der Waals surface area contributed by atoms with Crippen LogP contribution in [0.15, 0.2) is 11.6 Å². The Hall–Kier alpha value is -2.75. The van der Waals surface area contributed by atoms with E-state index in [4.69, 9.17) is 34.4 Å². The molecular weight excluding hydrogens is 635 g/mol. The van der Waals surface area contributed by atoms with E-state index in [2.05, 4.69) is 32.1 Å². The number of hydrogen-bond acceptors (Lipinski definition) is 9. The monoisotopic (exact) mass is 664 g/mol. The van der Waals surface area contributed by atoms with Crippen LogP contribution in [0, 0.1) is 0 Å². The van der Waals surface area contributed by atoms with E-state index in [9.17, 15) is 39.5 Å². The Balaban J connectivity index is 0.000000363. The SMILES string of the molecule is CN1CCN([C@@H]2CN(Cc3nccs3)[C@@H]3CCCO[C@H]23)CC1.O=C(O)C(F)(F)F.O=C(O)C(F)(F)F.O=C(O)C(F)(F)F. The van der Waals surface area contributed by atoms with Gasteiger partial charge in [-0.3, -0.25) is 9.80 Å². The van der Waals surface area contributed by atoms with Gasteiger partial charge >= 0.3 is 36.4 Å². The van der Waals surface area contributed by atoms with E-state index < -0.39 is 36.4 Å². The first-order chi connectivity index (χ1) is 19.6. The standard InChI is InChI=1S/C16H26N4OS.3C2HF3O2/c1-18-5-7-19(8-6-18)14-11-20(12-15-17-4-10-22-15)13-3-2-9-21-16(13)14;3*3-2(4,5)1(6)7/h4,10,13-14,16H,2-3,5-9,11-12H2,1H3;3*(H,6,7)/t13-,14-,16+;;;/m1.../s1. The summed E-state index contributed by atoms with van der Waals surface area (Å²) in [5.74, 6) is -8.27. The molecule has 0 radical (unpaired) electrons. The third-order valence-corrected chi connectivity index (χ3v) is 6.92. The molecule has 0 spiro atoms. The van der Waals surface area contributed by atoms with Gasteiger partial charge in [0.15, 0.2) is 0 Å². The van der Waals surface area contributed by atoms with Crippen LogP contribution in [0.25, 0.3) is 0 Å². The van der Waals surface area contributed by atoms with Crippen LogP contribution in [-0.2, 0) is 25.7 Å². The number of likely N-dealkylation sites (N-methyl/N-ethyl adjacent to an activating group) is 1. The smallest absolute Gasteiger partial charge is 0.475 e. The minimum absolute atomic E-state index is 0.400. The van der Waals surface area contributed by atoms with E-state index in [1.807, 2.05) is 6.20 Å². The van der Waals surface area contributed by atoms with Crippen LogP contribution in [-0.4, -0.2) is 136 Å². The Morgan fingerprint density at radius 1 is 0.884 bits per heavy atom. The number of ether oxygens (including phenoxy) is 1. The molecular formula is C22H29F9N4O7S. The minimum Gasteiger partial charge on any atom is -0.475 e. The summed E-state index contributed by atoms with van der Waals surface area (Å²) in [6.07, 6.45) is -10.5. The molecule has 3 aliphatic rings. The maximum atomic E-state index is 10.6. The lowest BCUT2D eigenvalue weighted by Crippen LogP contribution is -2.54. The summed E-state index contributed by atoms with van der Waals surface area (Å²) in [6.45, 7) is 7.79. The van der Waals surface area contributed by atoms with E-state index in [1.54, 1.807) is 11.3 Å². The highest BCUT2D eigenvalue weighted by Crippen LogP contribution is 2.33. The summed E-state index contributed by atoms with van der Waals surface area (Å²) in [6, 6.07) is 1.15. The lowest BCUT2D eigenvalue weighted by molar-refractivity contribution is -0.193. The van der Waals surface area contributed by atoms with Crippen molar-refractivity contribution in [1.29, 1.82) is 0 Å². The molecule has 3 N–H and O–H groups in total. The van der Waals surface area contributed by atoms with Crippen molar-refractivity contribution in [2.24, 2.45) is 0 Å². The molecule has 0 bridgehead atoms. The van der Waals surface area contributed by atoms with E-state index >= 15 is 0 Å². The summed E-state index contributed by atoms with van der Waals surface area (Å²) in [4.78, 5) is 38.9. The fourth-order valence-corrected chi connectivity index (χ4v) is 4.83. The molecule has 3 aliphatic heterocycles. The number of nitrogens with zero attached hydrogens (tertiary/aromatic N) is 4. The molecule has 0 saturated carbocycles. The Labute approximate surface area is 242 Å². The molecule has 0 amide bonds. The van der Waals surface area contributed by atoms with E-state index in [-0.39, 0.29) is 0 Å². The highest BCUT2D eigenvalue weighted by atomic mass is 32.1. The Morgan fingerprint density at radius 3 is 1.74 bits per heavy atom. The second-order valence-corrected chi connectivity index (χ2v) is 10.2. The van der Waals surface area contributed by atoms with Gasteiger partial charge in [-0.1, -0.05) is 0 Å². The van der Waals surface area contributed by atoms with Gasteiger partial charge in [0, 0.05) is 56.9 Å². The number of carboxylic acid groups (broad SMARTS) is 3. The number of rotatable bonds is 3. The van der Waals surface area contributed by atoms with Crippen molar-refractivity contribution in [1.82, 2.24) is 19.7 Å². The summed E-state index contributed by atoms with van der Waals surface area (Å²) in [5, 5.41) is 24.7. The van der Waals surface area contributed by atoms with Crippen LogP contribution in [0.5, 0.6) is 0 Å². The molecule has 4 heterocycles. The molecule has 1 aromatic heterocycles. The first-order valence-corrected chi connectivity index (χ1v) is 13.1. The van der Waals surface area contributed by atoms with Crippen LogP contribution < -0.4 is 0 Å². The predicted octanol–water partition coefficient (Wildman–Crippen LogP) is 3.02. The maximum Gasteiger partial charge on any atom is 0.490 e. The zero-order valence-corrected chi connectivity index (χ0v) is 23.1. The quantitative estimate of drug-likeness (QED) is 0.411. The molecule has 0 unspecified atom stereocenters. The molecule has 21 heteroatoms. The maximum absolute atomic E-state index is 10.6. The van der Waals surface area contributed by atoms with Gasteiger partial charge in [0.2, 0.25) is 0 Å². The highest BCUT2D eigenvalue weighted by Gasteiger charge is 2.46. The molecule has 0 aliphatic carbocycles. The van der Waals surface area contributed by atoms with Gasteiger partial charge in [-0.25, -0.2) is 19.4 Å². The van der Waals surface area contributed by atoms with Crippen molar-refractivity contribution in [2.75, 3.05) is 46.4 Å². The number of alkyl halides is 9. The largest absolute Gasteiger partial charge is 0.490 e. The molecule has 43 heavy (non-hydrogen) atoms. The fraction of sp³-hybridized carbons (Fsp3) is 0.727. The number of fused-ring (bicyclic) bond motifs is 1. The summed E-state index contributed by atoms with van der Waals surface area (Å²) in [7, 11) is 2.22. The van der Waals surface area contributed by atoms with Gasteiger partial charge in [0.05, 0.1) is 18.7 Å². The first kappa shape index (κ1) is 38.3.